The highest BCUT2D eigenvalue weighted by molar-refractivity contribution is 5.87. The van der Waals surface area contributed by atoms with E-state index in [0.717, 1.165) is 11.6 Å². The molecule has 1 atom stereocenters. The number of benzene rings is 2. The van der Waals surface area contributed by atoms with Crippen molar-refractivity contribution >= 4 is 5.91 Å². The van der Waals surface area contributed by atoms with Crippen LogP contribution in [0.5, 0.6) is 0 Å². The maximum atomic E-state index is 13.9. The largest absolute Gasteiger partial charge is 0.383 e. The summed E-state index contributed by atoms with van der Waals surface area (Å²) in [5.41, 5.74) is -1.70. The second-order valence-corrected chi connectivity index (χ2v) is 6.57. The van der Waals surface area contributed by atoms with Crippen molar-refractivity contribution in [1.82, 2.24) is 5.32 Å². The quantitative estimate of drug-likeness (QED) is 0.882. The molecule has 0 aliphatic rings. The van der Waals surface area contributed by atoms with Gasteiger partial charge in [-0.05, 0) is 32.4 Å². The van der Waals surface area contributed by atoms with Crippen molar-refractivity contribution in [3.05, 3.63) is 71.3 Å². The monoisotopic (exact) mass is 333 g/mol. The maximum Gasteiger partial charge on any atom is 0.230 e. The first-order valence-electron chi connectivity index (χ1n) is 7.66. The molecule has 2 N–H and O–H groups in total. The Hall–Kier alpha value is -2.27. The minimum Gasteiger partial charge on any atom is -0.383 e. The van der Waals surface area contributed by atoms with Crippen LogP contribution in [0.1, 0.15) is 31.9 Å². The molecule has 0 fully saturated rings. The molecule has 3 nitrogen and oxygen atoms in total. The first kappa shape index (κ1) is 18.1. The van der Waals surface area contributed by atoms with Crippen LogP contribution in [0.4, 0.5) is 8.78 Å². The van der Waals surface area contributed by atoms with Gasteiger partial charge in [0.15, 0.2) is 0 Å². The highest BCUT2D eigenvalue weighted by Gasteiger charge is 2.33. The molecule has 0 aliphatic carbocycles. The van der Waals surface area contributed by atoms with Crippen LogP contribution < -0.4 is 5.32 Å². The Morgan fingerprint density at radius 3 is 2.29 bits per heavy atom. The second kappa shape index (κ2) is 6.69. The van der Waals surface area contributed by atoms with Crippen molar-refractivity contribution in [3.63, 3.8) is 0 Å². The summed E-state index contributed by atoms with van der Waals surface area (Å²) < 4.78 is 26.9. The van der Waals surface area contributed by atoms with E-state index in [0.29, 0.717) is 6.07 Å². The molecule has 24 heavy (non-hydrogen) atoms. The number of aliphatic hydroxyl groups is 1. The van der Waals surface area contributed by atoms with Gasteiger partial charge in [0.1, 0.15) is 17.2 Å². The molecule has 0 saturated heterocycles. The Kier molecular flexibility index (Phi) is 5.04. The van der Waals surface area contributed by atoms with Gasteiger partial charge in [0.25, 0.3) is 0 Å². The van der Waals surface area contributed by atoms with Crippen molar-refractivity contribution in [1.29, 1.82) is 0 Å². The van der Waals surface area contributed by atoms with Crippen LogP contribution in [0.2, 0.25) is 0 Å². The normalized spacial score (nSPS) is 14.1. The summed E-state index contributed by atoms with van der Waals surface area (Å²) in [5.74, 6) is -1.87. The minimum absolute atomic E-state index is 0.0679. The average Bonchev–Trinajstić information content (AvgIpc) is 2.53. The number of carbonyl (C=O) groups excluding carboxylic acids is 1. The molecule has 2 rings (SSSR count). The number of rotatable bonds is 5. The zero-order valence-corrected chi connectivity index (χ0v) is 13.9. The van der Waals surface area contributed by atoms with Gasteiger partial charge in [-0.25, -0.2) is 8.78 Å². The number of carbonyl (C=O) groups is 1. The number of hydrogen-bond acceptors (Lipinski definition) is 2. The zero-order valence-electron chi connectivity index (χ0n) is 13.9. The lowest BCUT2D eigenvalue weighted by atomic mass is 9.83. The smallest absolute Gasteiger partial charge is 0.230 e. The fourth-order valence-electron chi connectivity index (χ4n) is 2.48. The number of amides is 1. The van der Waals surface area contributed by atoms with E-state index in [9.17, 15) is 18.7 Å². The molecule has 0 spiro atoms. The van der Waals surface area contributed by atoms with E-state index in [-0.39, 0.29) is 18.0 Å². The number of halogens is 2. The van der Waals surface area contributed by atoms with Gasteiger partial charge in [-0.2, -0.15) is 0 Å². The maximum absolute atomic E-state index is 13.9. The highest BCUT2D eigenvalue weighted by Crippen LogP contribution is 2.26. The molecular formula is C19H21F2NO2. The Balaban J connectivity index is 2.12. The summed E-state index contributed by atoms with van der Waals surface area (Å²) in [6.45, 7) is 4.72. The van der Waals surface area contributed by atoms with Crippen molar-refractivity contribution in [3.8, 4) is 0 Å². The first-order chi connectivity index (χ1) is 11.1. The van der Waals surface area contributed by atoms with Gasteiger partial charge in [-0.1, -0.05) is 36.4 Å². The van der Waals surface area contributed by atoms with Gasteiger partial charge < -0.3 is 10.4 Å². The van der Waals surface area contributed by atoms with E-state index in [1.807, 2.05) is 30.3 Å². The highest BCUT2D eigenvalue weighted by atomic mass is 19.1. The molecule has 0 bridgehead atoms. The molecule has 2 aromatic carbocycles. The Bertz CT molecular complexity index is 727. The Morgan fingerprint density at radius 1 is 1.08 bits per heavy atom. The van der Waals surface area contributed by atoms with E-state index in [2.05, 4.69) is 5.32 Å². The van der Waals surface area contributed by atoms with E-state index in [1.165, 1.54) is 13.0 Å². The topological polar surface area (TPSA) is 49.3 Å². The summed E-state index contributed by atoms with van der Waals surface area (Å²) in [6, 6.07) is 12.2. The van der Waals surface area contributed by atoms with Crippen molar-refractivity contribution in [2.24, 2.45) is 0 Å². The lowest BCUT2D eigenvalue weighted by Crippen LogP contribution is -2.46. The SMILES string of the molecule is CC(O)(CNC(=O)C(C)(C)c1ccccc1)c1ccc(F)cc1F. The van der Waals surface area contributed by atoms with E-state index in [1.54, 1.807) is 13.8 Å². The van der Waals surface area contributed by atoms with Crippen LogP contribution >= 0.6 is 0 Å². The first-order valence-corrected chi connectivity index (χ1v) is 7.66. The van der Waals surface area contributed by atoms with Crippen LogP contribution in [-0.2, 0) is 15.8 Å². The molecule has 128 valence electrons. The summed E-state index contributed by atoms with van der Waals surface area (Å²) in [7, 11) is 0. The zero-order chi connectivity index (χ0) is 18.0. The van der Waals surface area contributed by atoms with Crippen LogP contribution in [-0.4, -0.2) is 17.6 Å². The van der Waals surface area contributed by atoms with Crippen molar-refractivity contribution in [2.75, 3.05) is 6.54 Å². The number of hydrogen-bond donors (Lipinski definition) is 2. The molecule has 0 saturated carbocycles. The minimum atomic E-state index is -1.65. The van der Waals surface area contributed by atoms with E-state index < -0.39 is 22.7 Å². The summed E-state index contributed by atoms with van der Waals surface area (Å²) in [4.78, 5) is 12.5. The van der Waals surface area contributed by atoms with Gasteiger partial charge >= 0.3 is 0 Å². The molecule has 0 aromatic heterocycles. The molecule has 0 heterocycles. The Labute approximate surface area is 140 Å². The summed E-state index contributed by atoms with van der Waals surface area (Å²) in [6.07, 6.45) is 0. The van der Waals surface area contributed by atoms with Crippen LogP contribution in [0.15, 0.2) is 48.5 Å². The van der Waals surface area contributed by atoms with Crippen LogP contribution in [0, 0.1) is 11.6 Å². The molecule has 1 amide bonds. The van der Waals surface area contributed by atoms with Gasteiger partial charge in [0, 0.05) is 11.6 Å². The third kappa shape index (κ3) is 3.79. The lowest BCUT2D eigenvalue weighted by Gasteiger charge is -2.29. The van der Waals surface area contributed by atoms with Gasteiger partial charge in [0.2, 0.25) is 5.91 Å². The van der Waals surface area contributed by atoms with Gasteiger partial charge in [-0.3, -0.25) is 4.79 Å². The second-order valence-electron chi connectivity index (χ2n) is 6.57. The van der Waals surface area contributed by atoms with Crippen molar-refractivity contribution in [2.45, 2.75) is 31.8 Å². The van der Waals surface area contributed by atoms with Crippen LogP contribution in [0.25, 0.3) is 0 Å². The summed E-state index contributed by atoms with van der Waals surface area (Å²) in [5, 5.41) is 13.1. The molecule has 1 unspecified atom stereocenters. The van der Waals surface area contributed by atoms with E-state index in [4.69, 9.17) is 0 Å². The fourth-order valence-corrected chi connectivity index (χ4v) is 2.48. The third-order valence-electron chi connectivity index (χ3n) is 4.17. The van der Waals surface area contributed by atoms with Gasteiger partial charge in [0.05, 0.1) is 12.0 Å². The molecule has 2 aromatic rings. The van der Waals surface area contributed by atoms with Gasteiger partial charge in [-0.15, -0.1) is 0 Å². The Morgan fingerprint density at radius 2 is 1.71 bits per heavy atom. The van der Waals surface area contributed by atoms with Crippen molar-refractivity contribution < 1.29 is 18.7 Å². The van der Waals surface area contributed by atoms with E-state index >= 15 is 0 Å². The predicted molar refractivity (Wildman–Crippen MR) is 88.4 cm³/mol. The number of nitrogens with one attached hydrogen (secondary N) is 1. The average molecular weight is 333 g/mol. The summed E-state index contributed by atoms with van der Waals surface area (Å²) >= 11 is 0. The fraction of sp³-hybridized carbons (Fsp3) is 0.316. The molecular weight excluding hydrogens is 312 g/mol. The van der Waals surface area contributed by atoms with Crippen LogP contribution in [0.3, 0.4) is 0 Å². The predicted octanol–water partition coefficient (Wildman–Crippen LogP) is 3.27. The molecule has 0 radical (unpaired) electrons. The lowest BCUT2D eigenvalue weighted by molar-refractivity contribution is -0.126. The third-order valence-corrected chi connectivity index (χ3v) is 4.17. The molecule has 0 aliphatic heterocycles. The standard InChI is InChI=1S/C19H21F2NO2/c1-18(2,13-7-5-4-6-8-13)17(23)22-12-19(3,24)15-10-9-14(20)11-16(15)21/h4-11,24H,12H2,1-3H3,(H,22,23). The molecule has 5 heteroatoms.